The molecule has 0 fully saturated rings. The number of carbonyl (C=O) groups excluding carboxylic acids is 1. The van der Waals surface area contributed by atoms with Crippen LogP contribution in [0.5, 0.6) is 0 Å². The Labute approximate surface area is 93.5 Å². The molecule has 0 radical (unpaired) electrons. The number of carboxylic acids is 1. The Balaban J connectivity index is 2.64. The van der Waals surface area contributed by atoms with Crippen molar-refractivity contribution in [1.29, 1.82) is 0 Å². The first-order valence-electron chi connectivity index (χ1n) is 4.88. The van der Waals surface area contributed by atoms with Crippen molar-refractivity contribution < 1.29 is 14.7 Å². The van der Waals surface area contributed by atoms with Crippen molar-refractivity contribution >= 4 is 11.9 Å². The maximum atomic E-state index is 11.8. The molecule has 1 atom stereocenters. The first-order valence-corrected chi connectivity index (χ1v) is 4.88. The highest BCUT2D eigenvalue weighted by molar-refractivity contribution is 5.92. The van der Waals surface area contributed by atoms with Crippen LogP contribution in [0.2, 0.25) is 0 Å². The van der Waals surface area contributed by atoms with Gasteiger partial charge in [-0.25, -0.2) is 4.98 Å². The van der Waals surface area contributed by atoms with Crippen molar-refractivity contribution in [2.45, 2.75) is 6.92 Å². The summed E-state index contributed by atoms with van der Waals surface area (Å²) in [6, 6.07) is 0. The summed E-state index contributed by atoms with van der Waals surface area (Å²) in [6.45, 7) is 1.73. The lowest BCUT2D eigenvalue weighted by Gasteiger charge is -2.18. The van der Waals surface area contributed by atoms with Gasteiger partial charge in [0.25, 0.3) is 5.91 Å². The highest BCUT2D eigenvalue weighted by Gasteiger charge is 2.19. The summed E-state index contributed by atoms with van der Waals surface area (Å²) < 4.78 is 1.67. The summed E-state index contributed by atoms with van der Waals surface area (Å²) in [6.07, 6.45) is 3.13. The number of aromatic nitrogens is 2. The topological polar surface area (TPSA) is 75.4 Å². The van der Waals surface area contributed by atoms with Crippen LogP contribution in [-0.4, -0.2) is 45.0 Å². The predicted octanol–water partition coefficient (Wildman–Crippen LogP) is 0.213. The number of nitrogens with zero attached hydrogens (tertiary/aromatic N) is 3. The number of carbonyl (C=O) groups is 2. The molecule has 6 heteroatoms. The summed E-state index contributed by atoms with van der Waals surface area (Å²) in [7, 11) is 3.33. The summed E-state index contributed by atoms with van der Waals surface area (Å²) in [5.74, 6) is -1.77. The predicted molar refractivity (Wildman–Crippen MR) is 57.0 cm³/mol. The largest absolute Gasteiger partial charge is 0.481 e. The van der Waals surface area contributed by atoms with E-state index in [0.29, 0.717) is 5.69 Å². The number of hydrogen-bond donors (Lipinski definition) is 1. The van der Waals surface area contributed by atoms with E-state index >= 15 is 0 Å². The first kappa shape index (κ1) is 12.2. The number of aliphatic carboxylic acids is 1. The van der Waals surface area contributed by atoms with Crippen molar-refractivity contribution in [2.24, 2.45) is 13.0 Å². The normalized spacial score (nSPS) is 12.2. The Morgan fingerprint density at radius 2 is 2.25 bits per heavy atom. The molecule has 0 saturated heterocycles. The second kappa shape index (κ2) is 4.78. The molecule has 1 amide bonds. The molecule has 16 heavy (non-hydrogen) atoms. The SMILES string of the molecule is CC(CN(C)C(=O)c1cn(C)cn1)C(=O)O. The van der Waals surface area contributed by atoms with Gasteiger partial charge < -0.3 is 14.6 Å². The second-order valence-electron chi connectivity index (χ2n) is 3.85. The van der Waals surface area contributed by atoms with Crippen LogP contribution < -0.4 is 0 Å². The van der Waals surface area contributed by atoms with Crippen molar-refractivity contribution in [3.8, 4) is 0 Å². The molecule has 1 heterocycles. The molecule has 0 aliphatic rings. The number of aryl methyl sites for hydroxylation is 1. The third-order valence-corrected chi connectivity index (χ3v) is 2.24. The summed E-state index contributed by atoms with van der Waals surface area (Å²) in [5.41, 5.74) is 0.322. The highest BCUT2D eigenvalue weighted by atomic mass is 16.4. The van der Waals surface area contributed by atoms with Crippen molar-refractivity contribution in [1.82, 2.24) is 14.5 Å². The van der Waals surface area contributed by atoms with Crippen LogP contribution in [-0.2, 0) is 11.8 Å². The zero-order chi connectivity index (χ0) is 12.3. The monoisotopic (exact) mass is 225 g/mol. The molecule has 0 aliphatic carbocycles. The van der Waals surface area contributed by atoms with E-state index in [9.17, 15) is 9.59 Å². The van der Waals surface area contributed by atoms with E-state index in [1.54, 1.807) is 31.8 Å². The van der Waals surface area contributed by atoms with E-state index < -0.39 is 11.9 Å². The molecule has 6 nitrogen and oxygen atoms in total. The molecular formula is C10H15N3O3. The van der Waals surface area contributed by atoms with Gasteiger partial charge in [-0.15, -0.1) is 0 Å². The summed E-state index contributed by atoms with van der Waals surface area (Å²) >= 11 is 0. The zero-order valence-corrected chi connectivity index (χ0v) is 9.54. The number of carboxylic acid groups (broad SMARTS) is 1. The minimum absolute atomic E-state index is 0.171. The number of hydrogen-bond acceptors (Lipinski definition) is 3. The van der Waals surface area contributed by atoms with Gasteiger partial charge in [0, 0.05) is 26.8 Å². The standard InChI is InChI=1S/C10H15N3O3/c1-7(10(15)16)4-13(3)9(14)8-5-12(2)6-11-8/h5-7H,4H2,1-3H3,(H,15,16). The Bertz CT molecular complexity index is 400. The molecule has 0 aromatic carbocycles. The molecule has 0 saturated carbocycles. The van der Waals surface area contributed by atoms with E-state index in [-0.39, 0.29) is 12.5 Å². The molecule has 88 valence electrons. The lowest BCUT2D eigenvalue weighted by molar-refractivity contribution is -0.141. The van der Waals surface area contributed by atoms with Crippen molar-refractivity contribution in [3.63, 3.8) is 0 Å². The maximum absolute atomic E-state index is 11.8. The highest BCUT2D eigenvalue weighted by Crippen LogP contribution is 2.04. The van der Waals surface area contributed by atoms with E-state index in [4.69, 9.17) is 5.11 Å². The second-order valence-corrected chi connectivity index (χ2v) is 3.85. The van der Waals surface area contributed by atoms with Gasteiger partial charge in [-0.05, 0) is 0 Å². The molecule has 1 N–H and O–H groups in total. The van der Waals surface area contributed by atoms with E-state index in [1.165, 1.54) is 11.2 Å². The minimum Gasteiger partial charge on any atom is -0.481 e. The molecule has 0 aliphatic heterocycles. The van der Waals surface area contributed by atoms with Gasteiger partial charge >= 0.3 is 5.97 Å². The molecule has 1 rings (SSSR count). The van der Waals surface area contributed by atoms with Crippen molar-refractivity contribution in [3.05, 3.63) is 18.2 Å². The van der Waals surface area contributed by atoms with Crippen LogP contribution in [0.4, 0.5) is 0 Å². The average molecular weight is 225 g/mol. The van der Waals surface area contributed by atoms with Gasteiger partial charge in [0.1, 0.15) is 5.69 Å². The van der Waals surface area contributed by atoms with Crippen LogP contribution in [0.3, 0.4) is 0 Å². The summed E-state index contributed by atoms with van der Waals surface area (Å²) in [5, 5.41) is 8.73. The van der Waals surface area contributed by atoms with Gasteiger partial charge in [0.05, 0.1) is 12.2 Å². The average Bonchev–Trinajstić information content (AvgIpc) is 2.63. The fourth-order valence-electron chi connectivity index (χ4n) is 1.29. The van der Waals surface area contributed by atoms with E-state index in [2.05, 4.69) is 4.98 Å². The third-order valence-electron chi connectivity index (χ3n) is 2.24. The quantitative estimate of drug-likeness (QED) is 0.795. The van der Waals surface area contributed by atoms with Gasteiger partial charge in [0.15, 0.2) is 0 Å². The fraction of sp³-hybridized carbons (Fsp3) is 0.500. The maximum Gasteiger partial charge on any atom is 0.308 e. The van der Waals surface area contributed by atoms with E-state index in [1.807, 2.05) is 0 Å². The zero-order valence-electron chi connectivity index (χ0n) is 9.54. The summed E-state index contributed by atoms with van der Waals surface area (Å²) in [4.78, 5) is 27.7. The number of rotatable bonds is 4. The molecule has 1 unspecified atom stereocenters. The van der Waals surface area contributed by atoms with Crippen LogP contribution in [0, 0.1) is 5.92 Å². The van der Waals surface area contributed by atoms with Crippen LogP contribution >= 0.6 is 0 Å². The minimum atomic E-state index is -0.916. The van der Waals surface area contributed by atoms with Gasteiger partial charge in [-0.3, -0.25) is 9.59 Å². The van der Waals surface area contributed by atoms with Gasteiger partial charge in [-0.2, -0.15) is 0 Å². The van der Waals surface area contributed by atoms with Gasteiger partial charge in [0.2, 0.25) is 0 Å². The van der Waals surface area contributed by atoms with Gasteiger partial charge in [-0.1, -0.05) is 6.92 Å². The Morgan fingerprint density at radius 3 is 2.69 bits per heavy atom. The smallest absolute Gasteiger partial charge is 0.308 e. The number of imidazole rings is 1. The molecular weight excluding hydrogens is 210 g/mol. The molecule has 0 bridgehead atoms. The molecule has 1 aromatic heterocycles. The lowest BCUT2D eigenvalue weighted by atomic mass is 10.2. The lowest BCUT2D eigenvalue weighted by Crippen LogP contribution is -2.33. The number of amides is 1. The Kier molecular flexibility index (Phi) is 3.65. The first-order chi connectivity index (χ1) is 7.41. The third kappa shape index (κ3) is 2.82. The molecule has 0 spiro atoms. The molecule has 1 aromatic rings. The van der Waals surface area contributed by atoms with Crippen LogP contribution in [0.15, 0.2) is 12.5 Å². The Morgan fingerprint density at radius 1 is 1.62 bits per heavy atom. The van der Waals surface area contributed by atoms with Crippen molar-refractivity contribution in [2.75, 3.05) is 13.6 Å². The van der Waals surface area contributed by atoms with Crippen LogP contribution in [0.1, 0.15) is 17.4 Å². The fourth-order valence-corrected chi connectivity index (χ4v) is 1.29. The van der Waals surface area contributed by atoms with E-state index in [0.717, 1.165) is 0 Å². The van der Waals surface area contributed by atoms with Crippen LogP contribution in [0.25, 0.3) is 0 Å². The Hall–Kier alpha value is -1.85.